The molecule has 294 valence electrons. The molecule has 6 nitrogen and oxygen atoms in total. The number of hydrogen-bond acceptors (Lipinski definition) is 4. The summed E-state index contributed by atoms with van der Waals surface area (Å²) in [6.07, 6.45) is 0. The minimum Gasteiger partial charge on any atom is -0.456 e. The molecule has 0 saturated carbocycles. The smallest absolute Gasteiger partial charge is 0.164 e. The van der Waals surface area contributed by atoms with Crippen LogP contribution in [0.2, 0.25) is 0 Å². The van der Waals surface area contributed by atoms with Gasteiger partial charge < -0.3 is 13.6 Å². The van der Waals surface area contributed by atoms with Crippen LogP contribution in [0.5, 0.6) is 0 Å². The van der Waals surface area contributed by atoms with Gasteiger partial charge in [-0.3, -0.25) is 0 Å². The van der Waals surface area contributed by atoms with Crippen LogP contribution in [0, 0.1) is 0 Å². The summed E-state index contributed by atoms with van der Waals surface area (Å²) in [5.41, 5.74) is 13.2. The van der Waals surface area contributed by atoms with Crippen molar-refractivity contribution in [2.45, 2.75) is 0 Å². The Morgan fingerprint density at radius 1 is 0.286 bits per heavy atom. The van der Waals surface area contributed by atoms with Gasteiger partial charge in [-0.05, 0) is 83.9 Å². The number of benzene rings is 9. The molecule has 0 fully saturated rings. The van der Waals surface area contributed by atoms with Gasteiger partial charge in [0.05, 0.1) is 22.1 Å². The van der Waals surface area contributed by atoms with Crippen LogP contribution in [0.1, 0.15) is 0 Å². The van der Waals surface area contributed by atoms with Crippen molar-refractivity contribution in [1.29, 1.82) is 0 Å². The summed E-state index contributed by atoms with van der Waals surface area (Å²) in [7, 11) is 0. The molecule has 13 rings (SSSR count). The molecule has 0 amide bonds. The number of rotatable bonds is 6. The lowest BCUT2D eigenvalue weighted by atomic mass is 9.96. The van der Waals surface area contributed by atoms with E-state index in [-0.39, 0.29) is 0 Å². The monoisotopic (exact) mass is 805 g/mol. The van der Waals surface area contributed by atoms with Crippen LogP contribution in [-0.4, -0.2) is 24.1 Å². The summed E-state index contributed by atoms with van der Waals surface area (Å²) in [6.45, 7) is 0. The molecule has 0 spiro atoms. The molecule has 0 atom stereocenters. The van der Waals surface area contributed by atoms with Gasteiger partial charge in [0, 0.05) is 60.4 Å². The Bertz CT molecular complexity index is 3850. The van der Waals surface area contributed by atoms with Gasteiger partial charge in [-0.1, -0.05) is 140 Å². The molecular formula is C57H35N5O. The molecule has 63 heavy (non-hydrogen) atoms. The summed E-state index contributed by atoms with van der Waals surface area (Å²) < 4.78 is 11.1. The zero-order valence-corrected chi connectivity index (χ0v) is 33.9. The first-order chi connectivity index (χ1) is 31.2. The lowest BCUT2D eigenvalue weighted by Gasteiger charge is -2.16. The predicted molar refractivity (Wildman–Crippen MR) is 258 cm³/mol. The van der Waals surface area contributed by atoms with E-state index in [9.17, 15) is 0 Å². The van der Waals surface area contributed by atoms with Crippen LogP contribution >= 0.6 is 0 Å². The van der Waals surface area contributed by atoms with Crippen molar-refractivity contribution in [2.75, 3.05) is 0 Å². The lowest BCUT2D eigenvalue weighted by molar-refractivity contribution is 0.669. The van der Waals surface area contributed by atoms with E-state index in [4.69, 9.17) is 19.4 Å². The highest BCUT2D eigenvalue weighted by Crippen LogP contribution is 2.42. The van der Waals surface area contributed by atoms with Gasteiger partial charge in [-0.25, -0.2) is 15.0 Å². The molecule has 0 radical (unpaired) electrons. The maximum atomic E-state index is 6.33. The number of furan rings is 1. The molecule has 0 unspecified atom stereocenters. The number of hydrogen-bond donors (Lipinski definition) is 0. The second-order valence-electron chi connectivity index (χ2n) is 16.0. The fraction of sp³-hybridized carbons (Fsp3) is 0. The van der Waals surface area contributed by atoms with Gasteiger partial charge in [-0.2, -0.15) is 0 Å². The molecule has 0 bridgehead atoms. The molecule has 0 N–H and O–H groups in total. The first-order valence-electron chi connectivity index (χ1n) is 21.2. The number of nitrogens with zero attached hydrogens (tertiary/aromatic N) is 5. The first kappa shape index (κ1) is 35.2. The molecule has 0 aliphatic rings. The second-order valence-corrected chi connectivity index (χ2v) is 16.0. The highest BCUT2D eigenvalue weighted by atomic mass is 16.3. The average Bonchev–Trinajstić information content (AvgIpc) is 4.01. The van der Waals surface area contributed by atoms with E-state index in [2.05, 4.69) is 149 Å². The van der Waals surface area contributed by atoms with Gasteiger partial charge >= 0.3 is 0 Å². The van der Waals surface area contributed by atoms with E-state index < -0.39 is 0 Å². The van der Waals surface area contributed by atoms with Crippen molar-refractivity contribution in [2.24, 2.45) is 0 Å². The lowest BCUT2D eigenvalue weighted by Crippen LogP contribution is -2.02. The molecule has 0 aliphatic carbocycles. The van der Waals surface area contributed by atoms with Crippen molar-refractivity contribution in [3.05, 3.63) is 212 Å². The van der Waals surface area contributed by atoms with Crippen molar-refractivity contribution in [3.8, 4) is 56.7 Å². The molecule has 9 aromatic carbocycles. The molecule has 4 heterocycles. The SMILES string of the molecule is c1ccc(-c2nc(-c3ccccc3)nc(-c3ccc(-n4c5ccccc5c5cc6c7ccccc7n(-c7ccccc7)c6cc54)cc3-c3ccc4oc5ccccc5c4c3)n2)cc1. The minimum atomic E-state index is 0.595. The van der Waals surface area contributed by atoms with E-state index in [1.54, 1.807) is 0 Å². The topological polar surface area (TPSA) is 61.7 Å². The Labute approximate surface area is 361 Å². The molecule has 0 saturated heterocycles. The highest BCUT2D eigenvalue weighted by molar-refractivity contribution is 6.19. The first-order valence-corrected chi connectivity index (χ1v) is 21.2. The summed E-state index contributed by atoms with van der Waals surface area (Å²) >= 11 is 0. The Kier molecular flexibility index (Phi) is 7.80. The fourth-order valence-electron chi connectivity index (χ4n) is 9.49. The third kappa shape index (κ3) is 5.62. The molecule has 4 aromatic heterocycles. The van der Waals surface area contributed by atoms with E-state index in [1.165, 1.54) is 27.1 Å². The van der Waals surface area contributed by atoms with Gasteiger partial charge in [-0.15, -0.1) is 0 Å². The summed E-state index contributed by atoms with van der Waals surface area (Å²) in [5.74, 6) is 1.83. The Morgan fingerprint density at radius 3 is 1.46 bits per heavy atom. The average molecular weight is 806 g/mol. The van der Waals surface area contributed by atoms with E-state index in [1.807, 2.05) is 72.8 Å². The van der Waals surface area contributed by atoms with Crippen LogP contribution in [0.4, 0.5) is 0 Å². The fourth-order valence-corrected chi connectivity index (χ4v) is 9.49. The Morgan fingerprint density at radius 2 is 0.810 bits per heavy atom. The van der Waals surface area contributed by atoms with Crippen LogP contribution in [0.25, 0.3) is 122 Å². The summed E-state index contributed by atoms with van der Waals surface area (Å²) in [6, 6.07) is 74.6. The highest BCUT2D eigenvalue weighted by Gasteiger charge is 2.22. The van der Waals surface area contributed by atoms with Gasteiger partial charge in [0.2, 0.25) is 0 Å². The quantitative estimate of drug-likeness (QED) is 0.168. The molecule has 6 heteroatoms. The third-order valence-electron chi connectivity index (χ3n) is 12.4. The van der Waals surface area contributed by atoms with Crippen LogP contribution < -0.4 is 0 Å². The number of para-hydroxylation sites is 4. The molecule has 13 aromatic rings. The minimum absolute atomic E-state index is 0.595. The zero-order chi connectivity index (χ0) is 41.4. The van der Waals surface area contributed by atoms with E-state index in [0.29, 0.717) is 17.5 Å². The maximum absolute atomic E-state index is 6.33. The predicted octanol–water partition coefficient (Wildman–Crippen LogP) is 14.6. The largest absolute Gasteiger partial charge is 0.456 e. The van der Waals surface area contributed by atoms with Crippen LogP contribution in [-0.2, 0) is 0 Å². The number of aromatic nitrogens is 5. The van der Waals surface area contributed by atoms with E-state index >= 15 is 0 Å². The van der Waals surface area contributed by atoms with Crippen molar-refractivity contribution >= 4 is 65.6 Å². The number of fused-ring (bicyclic) bond motifs is 9. The Hall–Kier alpha value is -8.61. The Balaban J connectivity index is 1.10. The van der Waals surface area contributed by atoms with Crippen LogP contribution in [0.15, 0.2) is 217 Å². The third-order valence-corrected chi connectivity index (χ3v) is 12.4. The van der Waals surface area contributed by atoms with E-state index in [0.717, 1.165) is 77.7 Å². The van der Waals surface area contributed by atoms with Crippen molar-refractivity contribution < 1.29 is 4.42 Å². The summed E-state index contributed by atoms with van der Waals surface area (Å²) in [4.78, 5) is 15.5. The normalized spacial score (nSPS) is 11.8. The second kappa shape index (κ2) is 14.0. The van der Waals surface area contributed by atoms with Gasteiger partial charge in [0.1, 0.15) is 11.2 Å². The maximum Gasteiger partial charge on any atom is 0.164 e. The van der Waals surface area contributed by atoms with Gasteiger partial charge in [0.25, 0.3) is 0 Å². The standard InChI is InChI=1S/C57H35N5O/c1-4-16-36(17-5-1)55-58-56(37-18-6-2-7-19-37)60-57(59-55)44-30-29-40(33-45(44)38-28-31-54-48(32-38)43-24-12-15-27-53(43)63-54)62-50-26-14-11-23-42(50)47-34-46-41-22-10-13-25-49(41)61(51(46)35-52(47)62)39-20-8-3-9-21-39/h1-35H. The van der Waals surface area contributed by atoms with Gasteiger partial charge in [0.15, 0.2) is 17.5 Å². The summed E-state index contributed by atoms with van der Waals surface area (Å²) in [5, 5.41) is 6.97. The van der Waals surface area contributed by atoms with Crippen molar-refractivity contribution in [3.63, 3.8) is 0 Å². The molecule has 0 aliphatic heterocycles. The van der Waals surface area contributed by atoms with Crippen LogP contribution in [0.3, 0.4) is 0 Å². The van der Waals surface area contributed by atoms with Crippen molar-refractivity contribution in [1.82, 2.24) is 24.1 Å². The zero-order valence-electron chi connectivity index (χ0n) is 33.9. The molecular weight excluding hydrogens is 771 g/mol.